The highest BCUT2D eigenvalue weighted by molar-refractivity contribution is 7.66. The van der Waals surface area contributed by atoms with Crippen LogP contribution in [0.15, 0.2) is 60.7 Å². The average molecular weight is 439 g/mol. The van der Waals surface area contributed by atoms with Gasteiger partial charge in [0.15, 0.2) is 0 Å². The Balaban J connectivity index is 1.36. The smallest absolute Gasteiger partial charge is 0.0169 e. The molecule has 2 aliphatic rings. The summed E-state index contributed by atoms with van der Waals surface area (Å²) in [5.41, 5.74) is 1.98. The molecule has 30 heavy (non-hydrogen) atoms. The molecule has 0 heterocycles. The van der Waals surface area contributed by atoms with E-state index in [1.807, 2.05) is 0 Å². The number of hydrogen-bond donors (Lipinski definition) is 0. The van der Waals surface area contributed by atoms with Crippen molar-refractivity contribution >= 4 is 26.5 Å². The zero-order chi connectivity index (χ0) is 20.4. The molecule has 2 fully saturated rings. The molecule has 0 saturated heterocycles. The predicted octanol–water partition coefficient (Wildman–Crippen LogP) is 8.05. The van der Waals surface area contributed by atoms with E-state index in [-0.39, 0.29) is 15.8 Å². The monoisotopic (exact) mass is 438 g/mol. The van der Waals surface area contributed by atoms with Gasteiger partial charge in [0.05, 0.1) is 0 Å². The molecular weight excluding hydrogens is 398 g/mol. The van der Waals surface area contributed by atoms with Crippen LogP contribution < -0.4 is 10.6 Å². The van der Waals surface area contributed by atoms with E-state index in [2.05, 4.69) is 60.7 Å². The van der Waals surface area contributed by atoms with E-state index in [4.69, 9.17) is 0 Å². The van der Waals surface area contributed by atoms with Crippen LogP contribution in [0.5, 0.6) is 0 Å². The minimum Gasteiger partial charge on any atom is -0.0721 e. The summed E-state index contributed by atoms with van der Waals surface area (Å²) in [5.74, 6) is 0. The quantitative estimate of drug-likeness (QED) is 0.274. The summed E-state index contributed by atoms with van der Waals surface area (Å²) in [5, 5.41) is 3.36. The molecule has 2 aliphatic carbocycles. The zero-order valence-corrected chi connectivity index (χ0v) is 20.5. The van der Waals surface area contributed by atoms with Gasteiger partial charge in [-0.15, -0.1) is 0 Å². The second-order valence-corrected chi connectivity index (χ2v) is 14.6. The van der Waals surface area contributed by atoms with E-state index in [1.165, 1.54) is 89.4 Å². The van der Waals surface area contributed by atoms with Gasteiger partial charge in [0, 0.05) is 0 Å². The molecule has 2 aromatic carbocycles. The lowest BCUT2D eigenvalue weighted by Crippen LogP contribution is -2.20. The number of hydrogen-bond acceptors (Lipinski definition) is 0. The third kappa shape index (κ3) is 6.40. The normalized spacial score (nSPS) is 20.7. The Hall–Kier alpha value is -0.700. The van der Waals surface area contributed by atoms with Gasteiger partial charge in [-0.25, -0.2) is 0 Å². The average Bonchev–Trinajstić information content (AvgIpc) is 2.84. The molecule has 4 rings (SSSR count). The van der Waals surface area contributed by atoms with Crippen molar-refractivity contribution in [1.29, 1.82) is 0 Å². The van der Waals surface area contributed by atoms with Gasteiger partial charge in [-0.1, -0.05) is 115 Å². The Kier molecular flexibility index (Phi) is 9.27. The Morgan fingerprint density at radius 2 is 0.867 bits per heavy atom. The standard InChI is InChI=1S/C28H40P2/c1-5-15-25(16-6-1)29(26-17-7-2-8-18-26)23-13-14-24-30(27-19-9-3-10-20-27)28-21-11-4-12-22-28/h1,3,5-6,9-10,15-16,19-20,26,28H,2,4,7-8,11-14,17-18,21-24H2. The Labute approximate surface area is 187 Å². The summed E-state index contributed by atoms with van der Waals surface area (Å²) in [6.07, 6.45) is 20.6. The van der Waals surface area contributed by atoms with Crippen LogP contribution in [0.2, 0.25) is 0 Å². The minimum absolute atomic E-state index is 0.0337. The van der Waals surface area contributed by atoms with Crippen LogP contribution in [0.25, 0.3) is 0 Å². The van der Waals surface area contributed by atoms with Gasteiger partial charge in [-0.3, -0.25) is 0 Å². The van der Waals surface area contributed by atoms with Gasteiger partial charge in [0.25, 0.3) is 0 Å². The van der Waals surface area contributed by atoms with E-state index in [9.17, 15) is 0 Å². The van der Waals surface area contributed by atoms with Crippen LogP contribution in [0, 0.1) is 0 Å². The van der Waals surface area contributed by atoms with Crippen molar-refractivity contribution in [2.75, 3.05) is 12.3 Å². The molecule has 0 radical (unpaired) electrons. The van der Waals surface area contributed by atoms with Crippen LogP contribution in [-0.2, 0) is 0 Å². The molecule has 2 atom stereocenters. The van der Waals surface area contributed by atoms with E-state index in [0.29, 0.717) is 0 Å². The van der Waals surface area contributed by atoms with Gasteiger partial charge in [-0.2, -0.15) is 0 Å². The summed E-state index contributed by atoms with van der Waals surface area (Å²) >= 11 is 0. The zero-order valence-electron chi connectivity index (χ0n) is 18.7. The lowest BCUT2D eigenvalue weighted by Gasteiger charge is -2.33. The number of rotatable bonds is 9. The number of benzene rings is 2. The first-order valence-corrected chi connectivity index (χ1v) is 15.7. The highest BCUT2D eigenvalue weighted by atomic mass is 31.1. The highest BCUT2D eigenvalue weighted by Gasteiger charge is 2.26. The lowest BCUT2D eigenvalue weighted by atomic mass is 10.0. The van der Waals surface area contributed by atoms with Crippen molar-refractivity contribution in [1.82, 2.24) is 0 Å². The van der Waals surface area contributed by atoms with Crippen molar-refractivity contribution in [2.24, 2.45) is 0 Å². The molecule has 2 aromatic rings. The lowest BCUT2D eigenvalue weighted by molar-refractivity contribution is 0.510. The maximum Gasteiger partial charge on any atom is -0.0169 e. The van der Waals surface area contributed by atoms with Crippen LogP contribution in [-0.4, -0.2) is 23.6 Å². The van der Waals surface area contributed by atoms with Gasteiger partial charge in [-0.05, 0) is 72.8 Å². The molecule has 0 spiro atoms. The third-order valence-electron chi connectivity index (χ3n) is 7.25. The molecule has 0 N–H and O–H groups in total. The van der Waals surface area contributed by atoms with Crippen LogP contribution >= 0.6 is 15.8 Å². The van der Waals surface area contributed by atoms with E-state index < -0.39 is 0 Å². The second-order valence-electron chi connectivity index (χ2n) is 9.35. The molecule has 0 nitrogen and oxygen atoms in total. The molecule has 2 heteroatoms. The first kappa shape index (κ1) is 22.5. The highest BCUT2D eigenvalue weighted by Crippen LogP contribution is 2.50. The van der Waals surface area contributed by atoms with Crippen molar-refractivity contribution in [3.05, 3.63) is 60.7 Å². The molecule has 0 amide bonds. The summed E-state index contributed by atoms with van der Waals surface area (Å²) in [4.78, 5) is 0. The summed E-state index contributed by atoms with van der Waals surface area (Å²) < 4.78 is 0. The molecule has 0 aromatic heterocycles. The van der Waals surface area contributed by atoms with E-state index >= 15 is 0 Å². The van der Waals surface area contributed by atoms with Crippen LogP contribution in [0.3, 0.4) is 0 Å². The summed E-state index contributed by atoms with van der Waals surface area (Å²) in [6.45, 7) is 0. The maximum absolute atomic E-state index is 2.43. The van der Waals surface area contributed by atoms with Crippen molar-refractivity contribution in [2.45, 2.75) is 88.4 Å². The van der Waals surface area contributed by atoms with Crippen LogP contribution in [0.1, 0.15) is 77.0 Å². The summed E-state index contributed by atoms with van der Waals surface area (Å²) in [6, 6.07) is 23.2. The summed E-state index contributed by atoms with van der Waals surface area (Å²) in [7, 11) is 0.0673. The molecular formula is C28H40P2. The van der Waals surface area contributed by atoms with Crippen molar-refractivity contribution < 1.29 is 0 Å². The Morgan fingerprint density at radius 3 is 1.23 bits per heavy atom. The first-order chi connectivity index (χ1) is 14.9. The predicted molar refractivity (Wildman–Crippen MR) is 139 cm³/mol. The number of unbranched alkanes of at least 4 members (excludes halogenated alkanes) is 1. The molecule has 162 valence electrons. The van der Waals surface area contributed by atoms with Gasteiger partial charge in [0.2, 0.25) is 0 Å². The minimum atomic E-state index is 0.0337. The SMILES string of the molecule is c1ccc(P(CCCCP(c2ccccc2)C2CCCCC2)C2CCCCC2)cc1. The fourth-order valence-electron chi connectivity index (χ4n) is 5.63. The Morgan fingerprint density at radius 1 is 0.500 bits per heavy atom. The second kappa shape index (κ2) is 12.4. The fraction of sp³-hybridized carbons (Fsp3) is 0.571. The topological polar surface area (TPSA) is 0 Å². The largest absolute Gasteiger partial charge is 0.0721 e. The van der Waals surface area contributed by atoms with Gasteiger partial charge in [0.1, 0.15) is 0 Å². The molecule has 2 saturated carbocycles. The van der Waals surface area contributed by atoms with Crippen LogP contribution in [0.4, 0.5) is 0 Å². The maximum atomic E-state index is 2.43. The molecule has 2 unspecified atom stereocenters. The van der Waals surface area contributed by atoms with Crippen molar-refractivity contribution in [3.8, 4) is 0 Å². The first-order valence-electron chi connectivity index (χ1n) is 12.6. The fourth-order valence-corrected chi connectivity index (χ4v) is 11.9. The van der Waals surface area contributed by atoms with E-state index in [0.717, 1.165) is 11.3 Å². The third-order valence-corrected chi connectivity index (χ3v) is 13.6. The molecule has 0 aliphatic heterocycles. The van der Waals surface area contributed by atoms with E-state index in [1.54, 1.807) is 10.6 Å². The van der Waals surface area contributed by atoms with Crippen molar-refractivity contribution in [3.63, 3.8) is 0 Å². The van der Waals surface area contributed by atoms with Gasteiger partial charge >= 0.3 is 0 Å². The molecule has 0 bridgehead atoms. The Bertz CT molecular complexity index is 638. The van der Waals surface area contributed by atoms with Gasteiger partial charge < -0.3 is 0 Å².